The minimum absolute atomic E-state index is 0.416. The summed E-state index contributed by atoms with van der Waals surface area (Å²) in [6, 6.07) is 20.3. The number of rotatable bonds is 6. The van der Waals surface area contributed by atoms with Crippen LogP contribution in [0.25, 0.3) is 21.5 Å². The van der Waals surface area contributed by atoms with Crippen LogP contribution in [0.1, 0.15) is 58.8 Å². The molecule has 0 spiro atoms. The average Bonchev–Trinajstić information content (AvgIpc) is 3.38. The van der Waals surface area contributed by atoms with E-state index < -0.39 is 5.97 Å². The lowest BCUT2D eigenvalue weighted by Gasteiger charge is -2.23. The summed E-state index contributed by atoms with van der Waals surface area (Å²) < 4.78 is 9.29. The van der Waals surface area contributed by atoms with Gasteiger partial charge in [-0.3, -0.25) is 0 Å². The third-order valence-electron chi connectivity index (χ3n) is 6.51. The Morgan fingerprint density at radius 3 is 2.47 bits per heavy atom. The molecule has 0 bridgehead atoms. The molecule has 1 saturated carbocycles. The van der Waals surface area contributed by atoms with E-state index >= 15 is 0 Å². The van der Waals surface area contributed by atoms with Crippen LogP contribution in [0.5, 0.6) is 5.75 Å². The maximum absolute atomic E-state index is 11.6. The van der Waals surface area contributed by atoms with Crippen LogP contribution >= 0.6 is 11.3 Å². The molecule has 4 aromatic rings. The van der Waals surface area contributed by atoms with E-state index in [1.165, 1.54) is 54.7 Å². The number of aromatic nitrogens is 1. The van der Waals surface area contributed by atoms with Crippen LogP contribution in [0.15, 0.2) is 60.7 Å². The highest BCUT2D eigenvalue weighted by Crippen LogP contribution is 2.46. The zero-order valence-corrected chi connectivity index (χ0v) is 19.0. The van der Waals surface area contributed by atoms with E-state index in [1.807, 2.05) is 36.4 Å². The molecule has 4 nitrogen and oxygen atoms in total. The van der Waals surface area contributed by atoms with Gasteiger partial charge in [-0.15, -0.1) is 11.3 Å². The minimum Gasteiger partial charge on any atom is -0.489 e. The fraction of sp³-hybridized carbons (Fsp3) is 0.296. The molecule has 1 aliphatic rings. The van der Waals surface area contributed by atoms with Gasteiger partial charge in [0, 0.05) is 7.05 Å². The van der Waals surface area contributed by atoms with Crippen LogP contribution in [0, 0.1) is 0 Å². The van der Waals surface area contributed by atoms with Crippen LogP contribution in [-0.2, 0) is 13.7 Å². The predicted octanol–water partition coefficient (Wildman–Crippen LogP) is 7.23. The predicted molar refractivity (Wildman–Crippen MR) is 130 cm³/mol. The van der Waals surface area contributed by atoms with Crippen LogP contribution in [0.2, 0.25) is 0 Å². The van der Waals surface area contributed by atoms with Gasteiger partial charge in [0.15, 0.2) is 0 Å². The van der Waals surface area contributed by atoms with E-state index in [4.69, 9.17) is 4.74 Å². The Labute approximate surface area is 192 Å². The summed E-state index contributed by atoms with van der Waals surface area (Å²) in [5.41, 5.74) is 5.86. The molecule has 2 aromatic heterocycles. The highest BCUT2D eigenvalue weighted by Gasteiger charge is 2.27. The number of nitrogens with zero attached hydrogens (tertiary/aromatic N) is 1. The molecule has 164 valence electrons. The number of carboxylic acids is 1. The zero-order chi connectivity index (χ0) is 22.1. The van der Waals surface area contributed by atoms with Gasteiger partial charge >= 0.3 is 5.97 Å². The van der Waals surface area contributed by atoms with Gasteiger partial charge in [-0.05, 0) is 65.8 Å². The van der Waals surface area contributed by atoms with Gasteiger partial charge in [0.2, 0.25) is 0 Å². The smallest absolute Gasteiger partial charge is 0.345 e. The SMILES string of the molecule is Cn1c(-c2ccc(OCc3ccccc3)cc2)c(C2CCCCC2)c2sc(C(=O)O)cc21. The van der Waals surface area contributed by atoms with Crippen molar-refractivity contribution in [3.63, 3.8) is 0 Å². The Balaban J connectivity index is 1.50. The second-order valence-corrected chi connectivity index (χ2v) is 9.64. The van der Waals surface area contributed by atoms with E-state index in [-0.39, 0.29) is 0 Å². The number of aryl methyl sites for hydroxylation is 1. The van der Waals surface area contributed by atoms with Crippen LogP contribution in [0.3, 0.4) is 0 Å². The number of benzene rings is 2. The monoisotopic (exact) mass is 445 g/mol. The van der Waals surface area contributed by atoms with Crippen LogP contribution < -0.4 is 4.74 Å². The second-order valence-electron chi connectivity index (χ2n) is 8.59. The van der Waals surface area contributed by atoms with Gasteiger partial charge in [0.05, 0.1) is 15.9 Å². The Kier molecular flexibility index (Phi) is 5.75. The number of ether oxygens (including phenoxy) is 1. The third kappa shape index (κ3) is 3.93. The van der Waals surface area contributed by atoms with E-state index in [0.29, 0.717) is 17.4 Å². The largest absolute Gasteiger partial charge is 0.489 e. The summed E-state index contributed by atoms with van der Waals surface area (Å²) >= 11 is 1.42. The highest BCUT2D eigenvalue weighted by molar-refractivity contribution is 7.21. The summed E-state index contributed by atoms with van der Waals surface area (Å²) in [6.07, 6.45) is 6.11. The standard InChI is InChI=1S/C27H27NO3S/c1-28-22-16-23(27(29)30)32-26(22)24(19-10-6-3-7-11-19)25(28)20-12-14-21(15-13-20)31-17-18-8-4-2-5-9-18/h2,4-5,8-9,12-16,19H,3,6-7,10-11,17H2,1H3,(H,29,30). The lowest BCUT2D eigenvalue weighted by molar-refractivity contribution is 0.0702. The summed E-state index contributed by atoms with van der Waals surface area (Å²) in [5, 5.41) is 9.53. The van der Waals surface area contributed by atoms with E-state index in [2.05, 4.69) is 35.9 Å². The number of thiophene rings is 1. The molecule has 0 unspecified atom stereocenters. The van der Waals surface area contributed by atoms with Crippen molar-refractivity contribution >= 4 is 27.5 Å². The maximum Gasteiger partial charge on any atom is 0.345 e. The van der Waals surface area contributed by atoms with Crippen molar-refractivity contribution in [2.24, 2.45) is 7.05 Å². The molecular weight excluding hydrogens is 418 g/mol. The highest BCUT2D eigenvalue weighted by atomic mass is 32.1. The lowest BCUT2D eigenvalue weighted by Crippen LogP contribution is -2.06. The number of hydrogen-bond acceptors (Lipinski definition) is 3. The summed E-state index contributed by atoms with van der Waals surface area (Å²) in [6.45, 7) is 0.547. The fourth-order valence-corrected chi connectivity index (χ4v) is 6.06. The van der Waals surface area contributed by atoms with Crippen molar-refractivity contribution in [1.82, 2.24) is 4.57 Å². The Morgan fingerprint density at radius 2 is 1.78 bits per heavy atom. The van der Waals surface area contributed by atoms with Crippen LogP contribution in [0.4, 0.5) is 0 Å². The molecule has 1 fully saturated rings. The molecule has 5 rings (SSSR count). The molecule has 2 aromatic carbocycles. The van der Waals surface area contributed by atoms with Gasteiger partial charge in [0.25, 0.3) is 0 Å². The molecule has 0 amide bonds. The number of aromatic carboxylic acids is 1. The minimum atomic E-state index is -0.845. The van der Waals surface area contributed by atoms with Crippen molar-refractivity contribution in [3.8, 4) is 17.0 Å². The van der Waals surface area contributed by atoms with E-state index in [0.717, 1.165) is 27.1 Å². The Hall–Kier alpha value is -3.05. The quantitative estimate of drug-likeness (QED) is 0.340. The van der Waals surface area contributed by atoms with Crippen LogP contribution in [-0.4, -0.2) is 15.6 Å². The zero-order valence-electron chi connectivity index (χ0n) is 18.2. The lowest BCUT2D eigenvalue weighted by atomic mass is 9.83. The van der Waals surface area contributed by atoms with E-state index in [1.54, 1.807) is 0 Å². The van der Waals surface area contributed by atoms with Gasteiger partial charge in [-0.1, -0.05) is 49.6 Å². The molecule has 0 radical (unpaired) electrons. The third-order valence-corrected chi connectivity index (χ3v) is 7.65. The number of fused-ring (bicyclic) bond motifs is 1. The molecule has 0 aliphatic heterocycles. The first kappa shape index (κ1) is 20.8. The van der Waals surface area contributed by atoms with Crippen molar-refractivity contribution in [2.45, 2.75) is 44.6 Å². The molecule has 1 N–H and O–H groups in total. The van der Waals surface area contributed by atoms with Crippen molar-refractivity contribution < 1.29 is 14.6 Å². The number of hydrogen-bond donors (Lipinski definition) is 1. The van der Waals surface area contributed by atoms with Gasteiger partial charge in [0.1, 0.15) is 17.2 Å². The molecule has 5 heteroatoms. The summed E-state index contributed by atoms with van der Waals surface area (Å²) in [7, 11) is 2.06. The summed E-state index contributed by atoms with van der Waals surface area (Å²) in [4.78, 5) is 12.0. The molecule has 2 heterocycles. The van der Waals surface area contributed by atoms with E-state index in [9.17, 15) is 9.90 Å². The van der Waals surface area contributed by atoms with Crippen molar-refractivity contribution in [2.75, 3.05) is 0 Å². The Bertz CT molecular complexity index is 1230. The summed E-state index contributed by atoms with van der Waals surface area (Å²) in [5.74, 6) is 0.486. The molecule has 0 saturated heterocycles. The normalized spacial score (nSPS) is 14.7. The first-order valence-electron chi connectivity index (χ1n) is 11.2. The molecule has 1 aliphatic carbocycles. The Morgan fingerprint density at radius 1 is 1.06 bits per heavy atom. The fourth-order valence-electron chi connectivity index (χ4n) is 4.91. The van der Waals surface area contributed by atoms with Crippen molar-refractivity contribution in [3.05, 3.63) is 76.7 Å². The van der Waals surface area contributed by atoms with Gasteiger partial charge in [-0.2, -0.15) is 0 Å². The number of carboxylic acid groups (broad SMARTS) is 1. The average molecular weight is 446 g/mol. The molecule has 32 heavy (non-hydrogen) atoms. The molecular formula is C27H27NO3S. The van der Waals surface area contributed by atoms with Gasteiger partial charge in [-0.25, -0.2) is 4.79 Å². The molecule has 0 atom stereocenters. The maximum atomic E-state index is 11.6. The van der Waals surface area contributed by atoms with Crippen molar-refractivity contribution in [1.29, 1.82) is 0 Å². The first-order chi connectivity index (χ1) is 15.6. The topological polar surface area (TPSA) is 51.5 Å². The van der Waals surface area contributed by atoms with Gasteiger partial charge < -0.3 is 14.4 Å². The first-order valence-corrected chi connectivity index (χ1v) is 12.1. The number of carbonyl (C=O) groups is 1. The second kappa shape index (κ2) is 8.83.